The summed E-state index contributed by atoms with van der Waals surface area (Å²) in [6.07, 6.45) is 9.29. The number of ether oxygens (including phenoxy) is 1. The molecule has 0 N–H and O–H groups in total. The third-order valence-corrected chi connectivity index (χ3v) is 2.95. The number of allylic oxidation sites excluding steroid dienone is 2. The van der Waals surface area contributed by atoms with E-state index in [0.717, 1.165) is 11.8 Å². The van der Waals surface area contributed by atoms with E-state index in [2.05, 4.69) is 32.7 Å². The highest BCUT2D eigenvalue weighted by atomic mass is 16.5. The van der Waals surface area contributed by atoms with E-state index in [1.54, 1.807) is 6.08 Å². The molecule has 16 heavy (non-hydrogen) atoms. The molecule has 0 unspecified atom stereocenters. The van der Waals surface area contributed by atoms with Crippen molar-refractivity contribution >= 4 is 0 Å². The van der Waals surface area contributed by atoms with Gasteiger partial charge in [-0.15, -0.1) is 6.58 Å². The fourth-order valence-corrected chi connectivity index (χ4v) is 1.77. The molecule has 92 valence electrons. The lowest BCUT2D eigenvalue weighted by atomic mass is 9.83. The van der Waals surface area contributed by atoms with Crippen molar-refractivity contribution in [2.45, 2.75) is 39.5 Å². The summed E-state index contributed by atoms with van der Waals surface area (Å²) >= 11 is 0. The molecule has 0 bridgehead atoms. The Bertz CT molecular complexity index is 209. The van der Waals surface area contributed by atoms with Crippen molar-refractivity contribution in [3.8, 4) is 0 Å². The van der Waals surface area contributed by atoms with Gasteiger partial charge in [-0.3, -0.25) is 0 Å². The van der Waals surface area contributed by atoms with Crippen LogP contribution < -0.4 is 0 Å². The zero-order valence-electron chi connectivity index (χ0n) is 10.9. The van der Waals surface area contributed by atoms with Crippen LogP contribution in [-0.2, 0) is 4.74 Å². The first-order valence-corrected chi connectivity index (χ1v) is 6.20. The maximum atomic E-state index is 4.88. The van der Waals surface area contributed by atoms with Crippen LogP contribution >= 0.6 is 0 Å². The van der Waals surface area contributed by atoms with E-state index in [4.69, 9.17) is 4.74 Å². The van der Waals surface area contributed by atoms with Crippen LogP contribution in [0.25, 0.3) is 0 Å². The van der Waals surface area contributed by atoms with Crippen LogP contribution in [0.5, 0.6) is 0 Å². The molecule has 0 radical (unpaired) electrons. The van der Waals surface area contributed by atoms with E-state index in [-0.39, 0.29) is 0 Å². The Hall–Kier alpha value is -0.980. The molecule has 1 heteroatoms. The molecule has 0 spiro atoms. The van der Waals surface area contributed by atoms with Crippen molar-refractivity contribution < 1.29 is 4.74 Å². The molecule has 0 aromatic rings. The minimum absolute atomic E-state index is 0.641. The predicted octanol–water partition coefficient (Wildman–Crippen LogP) is 4.72. The largest absolute Gasteiger partial charge is 0.495 e. The van der Waals surface area contributed by atoms with Gasteiger partial charge in [0.25, 0.3) is 0 Å². The van der Waals surface area contributed by atoms with E-state index in [9.17, 15) is 0 Å². The van der Waals surface area contributed by atoms with Crippen molar-refractivity contribution in [1.29, 1.82) is 0 Å². The SMILES string of the molecule is C=CC(=C)OCC.C=CC1CCC(C)CC1. The number of hydrogen-bond acceptors (Lipinski definition) is 1. The Morgan fingerprint density at radius 1 is 1.25 bits per heavy atom. The molecular weight excluding hydrogens is 196 g/mol. The van der Waals surface area contributed by atoms with Gasteiger partial charge in [-0.05, 0) is 37.7 Å². The molecule has 0 heterocycles. The van der Waals surface area contributed by atoms with Gasteiger partial charge in [0.15, 0.2) is 0 Å². The molecule has 0 aliphatic heterocycles. The number of rotatable bonds is 4. The van der Waals surface area contributed by atoms with E-state index in [1.165, 1.54) is 25.7 Å². The molecule has 0 amide bonds. The molecule has 1 rings (SSSR count). The molecule has 1 nitrogen and oxygen atoms in total. The van der Waals surface area contributed by atoms with E-state index in [1.807, 2.05) is 6.92 Å². The molecule has 1 fully saturated rings. The molecule has 1 aliphatic rings. The van der Waals surface area contributed by atoms with Crippen LogP contribution in [0, 0.1) is 11.8 Å². The van der Waals surface area contributed by atoms with Crippen LogP contribution in [-0.4, -0.2) is 6.61 Å². The van der Waals surface area contributed by atoms with Crippen LogP contribution in [0.4, 0.5) is 0 Å². The maximum absolute atomic E-state index is 4.88. The molecule has 0 atom stereocenters. The first kappa shape index (κ1) is 15.0. The molecule has 0 aromatic carbocycles. The van der Waals surface area contributed by atoms with Gasteiger partial charge in [0.05, 0.1) is 6.61 Å². The Kier molecular flexibility index (Phi) is 8.69. The van der Waals surface area contributed by atoms with Crippen molar-refractivity contribution in [2.75, 3.05) is 6.61 Å². The summed E-state index contributed by atoms with van der Waals surface area (Å²) in [4.78, 5) is 0. The second kappa shape index (κ2) is 9.26. The molecule has 0 aromatic heterocycles. The fourth-order valence-electron chi connectivity index (χ4n) is 1.77. The van der Waals surface area contributed by atoms with Gasteiger partial charge in [0, 0.05) is 0 Å². The van der Waals surface area contributed by atoms with Gasteiger partial charge < -0.3 is 4.74 Å². The highest BCUT2D eigenvalue weighted by molar-refractivity contribution is 5.01. The average Bonchev–Trinajstić information content (AvgIpc) is 2.31. The first-order valence-electron chi connectivity index (χ1n) is 6.20. The smallest absolute Gasteiger partial charge is 0.111 e. The summed E-state index contributed by atoms with van der Waals surface area (Å²) in [6.45, 7) is 15.7. The summed E-state index contributed by atoms with van der Waals surface area (Å²) in [5, 5.41) is 0. The Morgan fingerprint density at radius 2 is 1.81 bits per heavy atom. The van der Waals surface area contributed by atoms with Gasteiger partial charge in [0.2, 0.25) is 0 Å². The second-order valence-corrected chi connectivity index (χ2v) is 4.36. The normalized spacial score (nSPS) is 23.6. The molecule has 0 saturated heterocycles. The third kappa shape index (κ3) is 7.33. The summed E-state index contributed by atoms with van der Waals surface area (Å²) in [6, 6.07) is 0. The summed E-state index contributed by atoms with van der Waals surface area (Å²) < 4.78 is 4.88. The topological polar surface area (TPSA) is 9.23 Å². The minimum atomic E-state index is 0.641. The van der Waals surface area contributed by atoms with Crippen molar-refractivity contribution in [2.24, 2.45) is 11.8 Å². The third-order valence-electron chi connectivity index (χ3n) is 2.95. The van der Waals surface area contributed by atoms with E-state index in [0.29, 0.717) is 12.4 Å². The van der Waals surface area contributed by atoms with Crippen molar-refractivity contribution in [3.05, 3.63) is 37.6 Å². The van der Waals surface area contributed by atoms with Crippen LogP contribution in [0.15, 0.2) is 37.6 Å². The summed E-state index contributed by atoms with van der Waals surface area (Å²) in [7, 11) is 0. The van der Waals surface area contributed by atoms with Gasteiger partial charge in [0.1, 0.15) is 5.76 Å². The average molecular weight is 222 g/mol. The predicted molar refractivity (Wildman–Crippen MR) is 72.3 cm³/mol. The van der Waals surface area contributed by atoms with Crippen LogP contribution in [0.2, 0.25) is 0 Å². The lowest BCUT2D eigenvalue weighted by Gasteiger charge is -2.23. The first-order chi connectivity index (χ1) is 7.63. The van der Waals surface area contributed by atoms with Gasteiger partial charge in [-0.25, -0.2) is 0 Å². The molecule has 1 saturated carbocycles. The summed E-state index contributed by atoms with van der Waals surface area (Å²) in [5.41, 5.74) is 0. The molecule has 1 aliphatic carbocycles. The number of hydrogen-bond donors (Lipinski definition) is 0. The quantitative estimate of drug-likeness (QED) is 0.380. The van der Waals surface area contributed by atoms with Gasteiger partial charge in [-0.1, -0.05) is 39.0 Å². The monoisotopic (exact) mass is 222 g/mol. The highest BCUT2D eigenvalue weighted by Gasteiger charge is 2.14. The second-order valence-electron chi connectivity index (χ2n) is 4.36. The summed E-state index contributed by atoms with van der Waals surface area (Å²) in [5.74, 6) is 2.45. The lowest BCUT2D eigenvalue weighted by Crippen LogP contribution is -2.09. The fraction of sp³-hybridized carbons (Fsp3) is 0.600. The van der Waals surface area contributed by atoms with Gasteiger partial charge >= 0.3 is 0 Å². The highest BCUT2D eigenvalue weighted by Crippen LogP contribution is 2.28. The van der Waals surface area contributed by atoms with E-state index < -0.39 is 0 Å². The van der Waals surface area contributed by atoms with Crippen molar-refractivity contribution in [3.63, 3.8) is 0 Å². The van der Waals surface area contributed by atoms with Crippen LogP contribution in [0.3, 0.4) is 0 Å². The lowest BCUT2D eigenvalue weighted by molar-refractivity contribution is 0.244. The minimum Gasteiger partial charge on any atom is -0.495 e. The molecular formula is C15H26O. The zero-order chi connectivity index (χ0) is 12.4. The zero-order valence-corrected chi connectivity index (χ0v) is 10.9. The Labute approximate surface area is 101 Å². The standard InChI is InChI=1S/C9H16.C6H10O/c1-3-9-6-4-8(2)5-7-9;1-4-6(3)7-5-2/h3,8-9H,1,4-7H2,2H3;4H,1,3,5H2,2H3. The Morgan fingerprint density at radius 3 is 2.12 bits per heavy atom. The Balaban J connectivity index is 0.000000293. The van der Waals surface area contributed by atoms with Crippen molar-refractivity contribution in [1.82, 2.24) is 0 Å². The van der Waals surface area contributed by atoms with E-state index >= 15 is 0 Å². The maximum Gasteiger partial charge on any atom is 0.111 e. The van der Waals surface area contributed by atoms with Crippen LogP contribution in [0.1, 0.15) is 39.5 Å². The van der Waals surface area contributed by atoms with Gasteiger partial charge in [-0.2, -0.15) is 0 Å².